The van der Waals surface area contributed by atoms with Crippen molar-refractivity contribution in [2.45, 2.75) is 44.4 Å². The topological polar surface area (TPSA) is 38.0 Å². The third-order valence-corrected chi connectivity index (χ3v) is 3.65. The van der Waals surface area contributed by atoms with Gasteiger partial charge in [0.05, 0.1) is 5.82 Å². The van der Waals surface area contributed by atoms with Crippen LogP contribution in [0.25, 0.3) is 0 Å². The minimum absolute atomic E-state index is 0.455. The molecule has 0 fully saturated rings. The molecule has 0 aromatic heterocycles. The molecule has 1 rings (SSSR count). The van der Waals surface area contributed by atoms with Crippen LogP contribution in [0.5, 0.6) is 0 Å². The van der Waals surface area contributed by atoms with Crippen LogP contribution in [0.15, 0.2) is 29.4 Å². The molecule has 100 valence electrons. The quantitative estimate of drug-likeness (QED) is 0.769. The van der Waals surface area contributed by atoms with Gasteiger partial charge < -0.3 is 11.1 Å². The summed E-state index contributed by atoms with van der Waals surface area (Å²) in [6.07, 6.45) is 2.11. The van der Waals surface area contributed by atoms with E-state index in [1.165, 1.54) is 16.0 Å². The van der Waals surface area contributed by atoms with E-state index in [1.807, 2.05) is 0 Å². The molecule has 1 aromatic carbocycles. The molecule has 0 unspecified atom stereocenters. The van der Waals surface area contributed by atoms with Crippen LogP contribution in [0, 0.1) is 0 Å². The highest BCUT2D eigenvalue weighted by Crippen LogP contribution is 2.36. The average molecular weight is 264 g/mol. The fourth-order valence-electron chi connectivity index (χ4n) is 1.99. The SMILES string of the molecule is C=C(N)Nc1c(C(C)C)cc(SC)cc1C(C)C. The molecule has 0 bridgehead atoms. The average Bonchev–Trinajstić information content (AvgIpc) is 2.27. The lowest BCUT2D eigenvalue weighted by Crippen LogP contribution is -2.12. The minimum Gasteiger partial charge on any atom is -0.386 e. The lowest BCUT2D eigenvalue weighted by atomic mass is 9.92. The number of hydrogen-bond donors (Lipinski definition) is 2. The van der Waals surface area contributed by atoms with Crippen molar-refractivity contribution < 1.29 is 0 Å². The summed E-state index contributed by atoms with van der Waals surface area (Å²) in [5.74, 6) is 1.41. The summed E-state index contributed by atoms with van der Waals surface area (Å²) < 4.78 is 0. The molecule has 3 N–H and O–H groups in total. The maximum Gasteiger partial charge on any atom is 0.0930 e. The van der Waals surface area contributed by atoms with Gasteiger partial charge in [0, 0.05) is 10.6 Å². The van der Waals surface area contributed by atoms with Gasteiger partial charge in [-0.25, -0.2) is 0 Å². The first-order chi connectivity index (χ1) is 8.36. The van der Waals surface area contributed by atoms with Crippen LogP contribution < -0.4 is 11.1 Å². The number of nitrogens with one attached hydrogen (secondary N) is 1. The van der Waals surface area contributed by atoms with Crippen molar-refractivity contribution in [2.75, 3.05) is 11.6 Å². The van der Waals surface area contributed by atoms with Gasteiger partial charge in [0.15, 0.2) is 0 Å². The van der Waals surface area contributed by atoms with E-state index in [1.54, 1.807) is 11.8 Å². The second-order valence-corrected chi connectivity index (χ2v) is 6.02. The van der Waals surface area contributed by atoms with Gasteiger partial charge in [-0.15, -0.1) is 11.8 Å². The van der Waals surface area contributed by atoms with Gasteiger partial charge in [-0.3, -0.25) is 0 Å². The maximum absolute atomic E-state index is 5.72. The van der Waals surface area contributed by atoms with Gasteiger partial charge >= 0.3 is 0 Å². The molecule has 18 heavy (non-hydrogen) atoms. The second kappa shape index (κ2) is 6.19. The Morgan fingerprint density at radius 3 is 1.89 bits per heavy atom. The van der Waals surface area contributed by atoms with E-state index in [0.717, 1.165) is 5.69 Å². The third kappa shape index (κ3) is 3.45. The van der Waals surface area contributed by atoms with E-state index in [9.17, 15) is 0 Å². The Balaban J connectivity index is 3.44. The molecule has 0 aliphatic rings. The Morgan fingerprint density at radius 1 is 1.17 bits per heavy atom. The number of benzene rings is 1. The molecule has 0 aliphatic heterocycles. The van der Waals surface area contributed by atoms with Gasteiger partial charge in [0.2, 0.25) is 0 Å². The molecule has 0 radical (unpaired) electrons. The number of thioether (sulfide) groups is 1. The van der Waals surface area contributed by atoms with Crippen molar-refractivity contribution in [3.63, 3.8) is 0 Å². The summed E-state index contributed by atoms with van der Waals surface area (Å²) in [4.78, 5) is 1.30. The smallest absolute Gasteiger partial charge is 0.0930 e. The van der Waals surface area contributed by atoms with Gasteiger partial charge in [0.1, 0.15) is 0 Å². The molecule has 0 aliphatic carbocycles. The molecule has 2 nitrogen and oxygen atoms in total. The highest BCUT2D eigenvalue weighted by Gasteiger charge is 2.15. The van der Waals surface area contributed by atoms with Gasteiger partial charge in [-0.2, -0.15) is 0 Å². The lowest BCUT2D eigenvalue weighted by Gasteiger charge is -2.22. The third-order valence-electron chi connectivity index (χ3n) is 2.94. The molecule has 0 heterocycles. The zero-order valence-corrected chi connectivity index (χ0v) is 12.8. The summed E-state index contributed by atoms with van der Waals surface area (Å²) >= 11 is 1.78. The lowest BCUT2D eigenvalue weighted by molar-refractivity contribution is 0.829. The van der Waals surface area contributed by atoms with Crippen molar-refractivity contribution in [1.82, 2.24) is 0 Å². The monoisotopic (exact) mass is 264 g/mol. The molecule has 0 atom stereocenters. The van der Waals surface area contributed by atoms with Crippen LogP contribution in [-0.4, -0.2) is 6.26 Å². The number of hydrogen-bond acceptors (Lipinski definition) is 3. The Labute approximate surface area is 115 Å². The van der Waals surface area contributed by atoms with E-state index in [2.05, 4.69) is 58.0 Å². The fraction of sp³-hybridized carbons (Fsp3) is 0.467. The number of nitrogens with two attached hydrogens (primary N) is 1. The first-order valence-corrected chi connectivity index (χ1v) is 7.52. The fourth-order valence-corrected chi connectivity index (χ4v) is 2.48. The van der Waals surface area contributed by atoms with Crippen molar-refractivity contribution in [3.05, 3.63) is 35.7 Å². The van der Waals surface area contributed by atoms with E-state index in [0.29, 0.717) is 17.7 Å². The van der Waals surface area contributed by atoms with Crippen molar-refractivity contribution in [2.24, 2.45) is 5.73 Å². The predicted octanol–water partition coefficient (Wildman–Crippen LogP) is 4.50. The van der Waals surface area contributed by atoms with Crippen molar-refractivity contribution >= 4 is 17.4 Å². The predicted molar refractivity (Wildman–Crippen MR) is 83.4 cm³/mol. The highest BCUT2D eigenvalue weighted by atomic mass is 32.2. The minimum atomic E-state index is 0.455. The van der Waals surface area contributed by atoms with Crippen LogP contribution in [0.4, 0.5) is 5.69 Å². The largest absolute Gasteiger partial charge is 0.386 e. The van der Waals surface area contributed by atoms with Crippen LogP contribution in [-0.2, 0) is 0 Å². The van der Waals surface area contributed by atoms with E-state index in [-0.39, 0.29) is 0 Å². The molecule has 1 aromatic rings. The molecular formula is C15H24N2S. The molecule has 0 saturated heterocycles. The highest BCUT2D eigenvalue weighted by molar-refractivity contribution is 7.98. The number of rotatable bonds is 5. The standard InChI is InChI=1S/C15H24N2S/c1-9(2)13-7-12(18-6)8-14(10(3)4)15(13)17-11(5)16/h7-10,17H,5,16H2,1-4,6H3. The summed E-state index contributed by atoms with van der Waals surface area (Å²) in [5, 5.41) is 3.23. The molecule has 3 heteroatoms. The first kappa shape index (κ1) is 15.0. The van der Waals surface area contributed by atoms with Crippen LogP contribution in [0.3, 0.4) is 0 Å². The Bertz CT molecular complexity index is 407. The Morgan fingerprint density at radius 2 is 1.61 bits per heavy atom. The zero-order valence-electron chi connectivity index (χ0n) is 12.0. The second-order valence-electron chi connectivity index (χ2n) is 5.14. The van der Waals surface area contributed by atoms with Crippen molar-refractivity contribution in [3.8, 4) is 0 Å². The Hall–Kier alpha value is -1.09. The molecule has 0 spiro atoms. The van der Waals surface area contributed by atoms with Gasteiger partial charge in [-0.1, -0.05) is 34.3 Å². The maximum atomic E-state index is 5.72. The summed E-state index contributed by atoms with van der Waals surface area (Å²) in [6.45, 7) is 12.6. The van der Waals surface area contributed by atoms with Crippen LogP contribution in [0.2, 0.25) is 0 Å². The first-order valence-electron chi connectivity index (χ1n) is 6.30. The number of anilines is 1. The van der Waals surface area contributed by atoms with E-state index in [4.69, 9.17) is 5.73 Å². The molecular weight excluding hydrogens is 240 g/mol. The van der Waals surface area contributed by atoms with Crippen molar-refractivity contribution in [1.29, 1.82) is 0 Å². The summed E-state index contributed by atoms with van der Waals surface area (Å²) in [6, 6.07) is 4.49. The molecule has 0 amide bonds. The van der Waals surface area contributed by atoms with Gasteiger partial charge in [-0.05, 0) is 41.4 Å². The normalized spacial score (nSPS) is 11.1. The van der Waals surface area contributed by atoms with E-state index < -0.39 is 0 Å². The molecule has 0 saturated carbocycles. The van der Waals surface area contributed by atoms with Crippen LogP contribution >= 0.6 is 11.8 Å². The van der Waals surface area contributed by atoms with E-state index >= 15 is 0 Å². The Kier molecular flexibility index (Phi) is 5.15. The van der Waals surface area contributed by atoms with Crippen LogP contribution in [0.1, 0.15) is 50.7 Å². The summed E-state index contributed by atoms with van der Waals surface area (Å²) in [7, 11) is 0. The van der Waals surface area contributed by atoms with Gasteiger partial charge in [0.25, 0.3) is 0 Å². The zero-order chi connectivity index (χ0) is 13.9. The summed E-state index contributed by atoms with van der Waals surface area (Å²) in [5.41, 5.74) is 9.46.